The zero-order valence-electron chi connectivity index (χ0n) is 12.2. The highest BCUT2D eigenvalue weighted by Gasteiger charge is 2.15. The number of phenols is 1. The van der Waals surface area contributed by atoms with Crippen molar-refractivity contribution in [2.24, 2.45) is 5.10 Å². The molecule has 1 amide bonds. The van der Waals surface area contributed by atoms with Gasteiger partial charge in [0.15, 0.2) is 6.61 Å². The molecule has 0 unspecified atom stereocenters. The van der Waals surface area contributed by atoms with Crippen LogP contribution in [0.15, 0.2) is 47.6 Å². The Morgan fingerprint density at radius 3 is 2.79 bits per heavy atom. The van der Waals surface area contributed by atoms with Crippen LogP contribution in [0.4, 0.5) is 5.69 Å². The third-order valence-corrected chi connectivity index (χ3v) is 3.14. The van der Waals surface area contributed by atoms with Crippen LogP contribution < -0.4 is 10.2 Å². The van der Waals surface area contributed by atoms with E-state index in [0.29, 0.717) is 10.8 Å². The lowest BCUT2D eigenvalue weighted by Gasteiger charge is -2.06. The fourth-order valence-electron chi connectivity index (χ4n) is 1.71. The molecule has 2 aromatic carbocycles. The number of halogens is 1. The number of hydrogen-bond acceptors (Lipinski definition) is 6. The van der Waals surface area contributed by atoms with Crippen molar-refractivity contribution < 1.29 is 19.6 Å². The van der Waals surface area contributed by atoms with Gasteiger partial charge in [0.1, 0.15) is 5.75 Å². The Bertz CT molecular complexity index is 794. The molecule has 0 saturated carbocycles. The predicted molar refractivity (Wildman–Crippen MR) is 87.4 cm³/mol. The summed E-state index contributed by atoms with van der Waals surface area (Å²) in [4.78, 5) is 21.6. The van der Waals surface area contributed by atoms with Crippen molar-refractivity contribution >= 4 is 29.4 Å². The van der Waals surface area contributed by atoms with E-state index in [2.05, 4.69) is 10.5 Å². The Kier molecular flexibility index (Phi) is 5.69. The van der Waals surface area contributed by atoms with Crippen molar-refractivity contribution in [3.63, 3.8) is 0 Å². The third-order valence-electron chi connectivity index (χ3n) is 2.83. The van der Waals surface area contributed by atoms with Gasteiger partial charge in [0.2, 0.25) is 5.75 Å². The van der Waals surface area contributed by atoms with E-state index in [9.17, 15) is 20.0 Å². The molecule has 0 aliphatic heterocycles. The molecule has 0 aliphatic carbocycles. The summed E-state index contributed by atoms with van der Waals surface area (Å²) in [5.41, 5.74) is 1.82. The predicted octanol–water partition coefficient (Wildman–Crippen LogP) is 2.48. The average Bonchev–Trinajstić information content (AvgIpc) is 2.55. The van der Waals surface area contributed by atoms with Gasteiger partial charge in [-0.2, -0.15) is 5.10 Å². The summed E-state index contributed by atoms with van der Waals surface area (Å²) in [7, 11) is 0. The molecule has 0 aromatic heterocycles. The van der Waals surface area contributed by atoms with E-state index in [1.54, 1.807) is 24.3 Å². The van der Waals surface area contributed by atoms with Gasteiger partial charge in [0.25, 0.3) is 5.91 Å². The first kappa shape index (κ1) is 17.2. The van der Waals surface area contributed by atoms with Crippen molar-refractivity contribution in [1.82, 2.24) is 5.43 Å². The molecule has 0 bridgehead atoms. The minimum atomic E-state index is -0.720. The van der Waals surface area contributed by atoms with E-state index < -0.39 is 22.3 Å². The molecule has 124 valence electrons. The van der Waals surface area contributed by atoms with Gasteiger partial charge in [0, 0.05) is 11.6 Å². The Morgan fingerprint density at radius 1 is 1.33 bits per heavy atom. The molecule has 0 spiro atoms. The molecule has 0 atom stereocenters. The maximum absolute atomic E-state index is 11.6. The van der Waals surface area contributed by atoms with E-state index in [0.717, 1.165) is 12.3 Å². The summed E-state index contributed by atoms with van der Waals surface area (Å²) in [5, 5.41) is 24.4. The number of nitro groups is 1. The van der Waals surface area contributed by atoms with Gasteiger partial charge in [0.05, 0.1) is 16.2 Å². The van der Waals surface area contributed by atoms with Crippen molar-refractivity contribution in [2.45, 2.75) is 0 Å². The summed E-state index contributed by atoms with van der Waals surface area (Å²) < 4.78 is 5.22. The Morgan fingerprint density at radius 2 is 2.08 bits per heavy atom. The van der Waals surface area contributed by atoms with Gasteiger partial charge in [-0.3, -0.25) is 14.9 Å². The molecular weight excluding hydrogens is 338 g/mol. The number of ether oxygens (including phenoxy) is 1. The van der Waals surface area contributed by atoms with Gasteiger partial charge >= 0.3 is 5.69 Å². The molecule has 9 heteroatoms. The number of amides is 1. The lowest BCUT2D eigenvalue weighted by molar-refractivity contribution is -0.385. The second-order valence-corrected chi connectivity index (χ2v) is 4.89. The second kappa shape index (κ2) is 7.93. The molecule has 2 aromatic rings. The zero-order chi connectivity index (χ0) is 17.5. The number of hydrazone groups is 1. The number of carbonyl (C=O) groups is 1. The second-order valence-electron chi connectivity index (χ2n) is 4.48. The highest BCUT2D eigenvalue weighted by atomic mass is 35.5. The highest BCUT2D eigenvalue weighted by molar-refractivity contribution is 6.32. The SMILES string of the molecule is O=C(COc1ccccc1Cl)N/N=C/c1cccc([N+](=O)[O-])c1O. The van der Waals surface area contributed by atoms with Crippen LogP contribution in [-0.4, -0.2) is 28.8 Å². The van der Waals surface area contributed by atoms with Gasteiger partial charge in [-0.25, -0.2) is 5.43 Å². The zero-order valence-corrected chi connectivity index (χ0v) is 12.9. The molecule has 8 nitrogen and oxygen atoms in total. The maximum atomic E-state index is 11.6. The van der Waals surface area contributed by atoms with Crippen molar-refractivity contribution in [3.05, 3.63) is 63.2 Å². The minimum absolute atomic E-state index is 0.0940. The van der Waals surface area contributed by atoms with Crippen LogP contribution in [0.3, 0.4) is 0 Å². The number of nitro benzene ring substituents is 1. The van der Waals surface area contributed by atoms with Crippen molar-refractivity contribution in [1.29, 1.82) is 0 Å². The molecular formula is C15H12ClN3O5. The standard InChI is InChI=1S/C15H12ClN3O5/c16-11-5-1-2-7-13(11)24-9-14(20)18-17-8-10-4-3-6-12(15(10)21)19(22)23/h1-8,21H,9H2,(H,18,20)/b17-8+. The number of para-hydroxylation sites is 2. The van der Waals surface area contributed by atoms with Crippen LogP contribution in [0, 0.1) is 10.1 Å². The minimum Gasteiger partial charge on any atom is -0.502 e. The topological polar surface area (TPSA) is 114 Å². The van der Waals surface area contributed by atoms with E-state index in [-0.39, 0.29) is 12.2 Å². The quantitative estimate of drug-likeness (QED) is 0.472. The number of rotatable bonds is 6. The summed E-state index contributed by atoms with van der Waals surface area (Å²) >= 11 is 5.88. The van der Waals surface area contributed by atoms with Crippen molar-refractivity contribution in [2.75, 3.05) is 6.61 Å². The first-order valence-electron chi connectivity index (χ1n) is 6.64. The van der Waals surface area contributed by atoms with Crippen LogP contribution in [0.5, 0.6) is 11.5 Å². The number of hydrogen-bond donors (Lipinski definition) is 2. The summed E-state index contributed by atoms with van der Waals surface area (Å²) in [6.07, 6.45) is 1.09. The van der Waals surface area contributed by atoms with Crippen LogP contribution in [0.2, 0.25) is 5.02 Å². The molecule has 2 N–H and O–H groups in total. The Labute approximate surface area is 141 Å². The van der Waals surface area contributed by atoms with E-state index in [4.69, 9.17) is 16.3 Å². The third kappa shape index (κ3) is 4.43. The van der Waals surface area contributed by atoms with Gasteiger partial charge < -0.3 is 9.84 Å². The average molecular weight is 350 g/mol. The fourth-order valence-corrected chi connectivity index (χ4v) is 1.90. The van der Waals surface area contributed by atoms with Gasteiger partial charge in [-0.05, 0) is 18.2 Å². The van der Waals surface area contributed by atoms with Crippen LogP contribution in [0.1, 0.15) is 5.56 Å². The summed E-state index contributed by atoms with van der Waals surface area (Å²) in [6, 6.07) is 10.6. The van der Waals surface area contributed by atoms with Gasteiger partial charge in [-0.1, -0.05) is 29.8 Å². The van der Waals surface area contributed by atoms with Crippen LogP contribution >= 0.6 is 11.6 Å². The lowest BCUT2D eigenvalue weighted by Crippen LogP contribution is -2.24. The fraction of sp³-hybridized carbons (Fsp3) is 0.0667. The normalized spacial score (nSPS) is 10.5. The number of benzene rings is 2. The number of aromatic hydroxyl groups is 1. The highest BCUT2D eigenvalue weighted by Crippen LogP contribution is 2.27. The number of carbonyl (C=O) groups excluding carboxylic acids is 1. The largest absolute Gasteiger partial charge is 0.502 e. The maximum Gasteiger partial charge on any atom is 0.311 e. The molecule has 0 heterocycles. The lowest BCUT2D eigenvalue weighted by atomic mass is 10.2. The number of phenolic OH excluding ortho intramolecular Hbond substituents is 1. The molecule has 0 aliphatic rings. The Balaban J connectivity index is 1.92. The number of nitrogens with zero attached hydrogens (tertiary/aromatic N) is 2. The van der Waals surface area contributed by atoms with Gasteiger partial charge in [-0.15, -0.1) is 0 Å². The van der Waals surface area contributed by atoms with Crippen LogP contribution in [0.25, 0.3) is 0 Å². The first-order chi connectivity index (χ1) is 11.5. The Hall–Kier alpha value is -3.13. The van der Waals surface area contributed by atoms with Crippen LogP contribution in [-0.2, 0) is 4.79 Å². The van der Waals surface area contributed by atoms with E-state index in [1.165, 1.54) is 12.1 Å². The monoisotopic (exact) mass is 349 g/mol. The molecule has 0 radical (unpaired) electrons. The smallest absolute Gasteiger partial charge is 0.311 e. The summed E-state index contributed by atoms with van der Waals surface area (Å²) in [6.45, 7) is -0.317. The first-order valence-corrected chi connectivity index (χ1v) is 7.02. The molecule has 2 rings (SSSR count). The molecule has 0 saturated heterocycles. The summed E-state index contributed by atoms with van der Waals surface area (Å²) in [5.74, 6) is -0.737. The van der Waals surface area contributed by atoms with Crippen molar-refractivity contribution in [3.8, 4) is 11.5 Å². The molecule has 24 heavy (non-hydrogen) atoms. The number of nitrogens with one attached hydrogen (secondary N) is 1. The van der Waals surface area contributed by atoms with E-state index in [1.807, 2.05) is 0 Å². The van der Waals surface area contributed by atoms with E-state index >= 15 is 0 Å². The molecule has 0 fully saturated rings.